The molecule has 39 heavy (non-hydrogen) atoms. The van der Waals surface area contributed by atoms with E-state index in [2.05, 4.69) is 22.8 Å². The highest BCUT2D eigenvalue weighted by Gasteiger charge is 2.33. The molecule has 3 aliphatic rings. The third-order valence-electron chi connectivity index (χ3n) is 7.37. The van der Waals surface area contributed by atoms with Crippen molar-refractivity contribution in [3.8, 4) is 0 Å². The summed E-state index contributed by atoms with van der Waals surface area (Å²) < 4.78 is 16.6. The zero-order valence-electron chi connectivity index (χ0n) is 23.2. The van der Waals surface area contributed by atoms with Gasteiger partial charge in [0, 0.05) is 38.2 Å². The lowest BCUT2D eigenvalue weighted by molar-refractivity contribution is -0.140. The van der Waals surface area contributed by atoms with Crippen LogP contribution in [0.3, 0.4) is 0 Å². The number of hydrogen-bond donors (Lipinski definition) is 3. The Labute approximate surface area is 230 Å². The minimum Gasteiger partial charge on any atom is -0.480 e. The number of likely N-dealkylation sites (tertiary alicyclic amines) is 1. The summed E-state index contributed by atoms with van der Waals surface area (Å²) in [5.74, 6) is 0.469. The third kappa shape index (κ3) is 8.71. The zero-order valence-corrected chi connectivity index (χ0v) is 23.2. The van der Waals surface area contributed by atoms with Gasteiger partial charge >= 0.3 is 18.2 Å². The van der Waals surface area contributed by atoms with E-state index < -0.39 is 35.9 Å². The standard InChI is InChI=1S/C28H42N4O7/c1-28(2,3)39-27(36)32-13-10-21(17-32)38-26(35)31-23(25(33)34)11-14-37-22-15-18(16-22)6-8-20-9-7-19-5-4-12-29-24(19)30-20/h7,9,18,21-23H,4-6,8,10-17H2,1-3H3,(H,29,30)(H,31,35)(H,33,34)/t18?,21?,22?,23-/m0/s1. The fraction of sp³-hybridized carbons (Fsp3) is 0.714. The van der Waals surface area contributed by atoms with Gasteiger partial charge in [0.25, 0.3) is 0 Å². The molecular formula is C28H42N4O7. The van der Waals surface area contributed by atoms with E-state index in [1.807, 2.05) is 0 Å². The van der Waals surface area contributed by atoms with Gasteiger partial charge in [-0.3, -0.25) is 0 Å². The maximum atomic E-state index is 12.3. The Kier molecular flexibility index (Phi) is 9.53. The van der Waals surface area contributed by atoms with Crippen molar-refractivity contribution in [1.29, 1.82) is 0 Å². The van der Waals surface area contributed by atoms with Gasteiger partial charge in [0.2, 0.25) is 0 Å². The third-order valence-corrected chi connectivity index (χ3v) is 7.37. The summed E-state index contributed by atoms with van der Waals surface area (Å²) >= 11 is 0. The molecule has 1 saturated heterocycles. The number of anilines is 1. The molecule has 216 valence electrons. The van der Waals surface area contributed by atoms with Crippen molar-refractivity contribution in [2.45, 2.75) is 96.0 Å². The highest BCUT2D eigenvalue weighted by molar-refractivity contribution is 5.80. The van der Waals surface area contributed by atoms with Crippen LogP contribution in [0.5, 0.6) is 0 Å². The van der Waals surface area contributed by atoms with Crippen molar-refractivity contribution in [3.63, 3.8) is 0 Å². The average molecular weight is 547 g/mol. The van der Waals surface area contributed by atoms with Crippen LogP contribution in [0.15, 0.2) is 12.1 Å². The predicted octanol–water partition coefficient (Wildman–Crippen LogP) is 3.75. The quantitative estimate of drug-likeness (QED) is 0.400. The Hall–Kier alpha value is -3.08. The highest BCUT2D eigenvalue weighted by atomic mass is 16.6. The van der Waals surface area contributed by atoms with Crippen molar-refractivity contribution >= 4 is 24.0 Å². The van der Waals surface area contributed by atoms with Crippen molar-refractivity contribution in [2.75, 3.05) is 31.6 Å². The van der Waals surface area contributed by atoms with Gasteiger partial charge in [0.1, 0.15) is 23.6 Å². The molecule has 11 nitrogen and oxygen atoms in total. The van der Waals surface area contributed by atoms with Crippen LogP contribution in [0.2, 0.25) is 0 Å². The van der Waals surface area contributed by atoms with Crippen LogP contribution in [0, 0.1) is 5.92 Å². The van der Waals surface area contributed by atoms with E-state index in [1.54, 1.807) is 20.8 Å². The summed E-state index contributed by atoms with van der Waals surface area (Å²) in [5.41, 5.74) is 1.81. The number of carboxylic acid groups (broad SMARTS) is 1. The van der Waals surface area contributed by atoms with Crippen molar-refractivity contribution in [2.24, 2.45) is 5.92 Å². The van der Waals surface area contributed by atoms with Crippen LogP contribution < -0.4 is 10.6 Å². The number of ether oxygens (including phenoxy) is 3. The fourth-order valence-corrected chi connectivity index (χ4v) is 5.16. The number of aryl methyl sites for hydroxylation is 2. The lowest BCUT2D eigenvalue weighted by Crippen LogP contribution is -2.44. The first-order valence-electron chi connectivity index (χ1n) is 14.1. The van der Waals surface area contributed by atoms with E-state index >= 15 is 0 Å². The summed E-state index contributed by atoms with van der Waals surface area (Å²) in [6.07, 6.45) is 5.09. The highest BCUT2D eigenvalue weighted by Crippen LogP contribution is 2.34. The number of aromatic nitrogens is 1. The van der Waals surface area contributed by atoms with Gasteiger partial charge in [0.05, 0.1) is 12.6 Å². The number of carboxylic acids is 1. The number of hydrogen-bond acceptors (Lipinski definition) is 8. The van der Waals surface area contributed by atoms with Gasteiger partial charge in [-0.15, -0.1) is 0 Å². The van der Waals surface area contributed by atoms with Crippen LogP contribution in [0.25, 0.3) is 0 Å². The summed E-state index contributed by atoms with van der Waals surface area (Å²) in [4.78, 5) is 42.4. The van der Waals surface area contributed by atoms with Gasteiger partial charge in [-0.25, -0.2) is 19.4 Å². The maximum Gasteiger partial charge on any atom is 0.410 e. The molecule has 1 unspecified atom stereocenters. The number of pyridine rings is 1. The Balaban J connectivity index is 1.09. The summed E-state index contributed by atoms with van der Waals surface area (Å²) in [6, 6.07) is 3.21. The molecule has 2 atom stereocenters. The van der Waals surface area contributed by atoms with Crippen LogP contribution in [-0.4, -0.2) is 83.2 Å². The lowest BCUT2D eigenvalue weighted by atomic mass is 9.79. The zero-order chi connectivity index (χ0) is 28.0. The Morgan fingerprint density at radius 3 is 2.77 bits per heavy atom. The van der Waals surface area contributed by atoms with Gasteiger partial charge in [-0.05, 0) is 76.8 Å². The van der Waals surface area contributed by atoms with E-state index in [0.29, 0.717) is 18.9 Å². The van der Waals surface area contributed by atoms with Crippen LogP contribution >= 0.6 is 0 Å². The minimum absolute atomic E-state index is 0.117. The first-order chi connectivity index (χ1) is 18.6. The second kappa shape index (κ2) is 12.8. The molecule has 2 amide bonds. The fourth-order valence-electron chi connectivity index (χ4n) is 5.16. The van der Waals surface area contributed by atoms with Crippen LogP contribution in [0.4, 0.5) is 15.4 Å². The van der Waals surface area contributed by atoms with Crippen molar-refractivity contribution in [1.82, 2.24) is 15.2 Å². The molecular weight excluding hydrogens is 504 g/mol. The van der Waals surface area contributed by atoms with Gasteiger partial charge in [0.15, 0.2) is 0 Å². The molecule has 0 bridgehead atoms. The molecule has 1 aromatic rings. The van der Waals surface area contributed by atoms with E-state index in [9.17, 15) is 19.5 Å². The van der Waals surface area contributed by atoms with Gasteiger partial charge in [-0.2, -0.15) is 0 Å². The van der Waals surface area contributed by atoms with Crippen LogP contribution in [-0.2, 0) is 31.8 Å². The van der Waals surface area contributed by atoms with E-state index in [0.717, 1.165) is 56.6 Å². The first-order valence-corrected chi connectivity index (χ1v) is 14.1. The smallest absolute Gasteiger partial charge is 0.410 e. The monoisotopic (exact) mass is 546 g/mol. The van der Waals surface area contributed by atoms with Gasteiger partial charge < -0.3 is 34.9 Å². The van der Waals surface area contributed by atoms with Crippen molar-refractivity contribution in [3.05, 3.63) is 23.4 Å². The second-order valence-corrected chi connectivity index (χ2v) is 11.8. The Morgan fingerprint density at radius 1 is 1.23 bits per heavy atom. The molecule has 1 aromatic heterocycles. The minimum atomic E-state index is -1.14. The van der Waals surface area contributed by atoms with E-state index in [4.69, 9.17) is 19.2 Å². The molecule has 1 aliphatic carbocycles. The number of fused-ring (bicyclic) bond motifs is 1. The molecule has 2 aliphatic heterocycles. The van der Waals surface area contributed by atoms with E-state index in [1.165, 1.54) is 10.5 Å². The Morgan fingerprint density at radius 2 is 2.03 bits per heavy atom. The molecule has 0 aromatic carbocycles. The molecule has 4 rings (SSSR count). The largest absolute Gasteiger partial charge is 0.480 e. The van der Waals surface area contributed by atoms with Crippen molar-refractivity contribution < 1.29 is 33.7 Å². The number of nitrogens with zero attached hydrogens (tertiary/aromatic N) is 2. The summed E-state index contributed by atoms with van der Waals surface area (Å²) in [7, 11) is 0. The predicted molar refractivity (Wildman–Crippen MR) is 144 cm³/mol. The topological polar surface area (TPSA) is 139 Å². The normalized spacial score (nSPS) is 23.2. The number of carbonyl (C=O) groups excluding carboxylic acids is 2. The maximum absolute atomic E-state index is 12.3. The molecule has 0 radical (unpaired) electrons. The number of amides is 2. The Bertz CT molecular complexity index is 1020. The number of aliphatic carboxylic acids is 1. The molecule has 11 heteroatoms. The molecule has 3 N–H and O–H groups in total. The first kappa shape index (κ1) is 28.9. The molecule has 1 saturated carbocycles. The van der Waals surface area contributed by atoms with Crippen LogP contribution in [0.1, 0.15) is 70.6 Å². The number of rotatable bonds is 10. The average Bonchev–Trinajstić information content (AvgIpc) is 3.31. The molecule has 2 fully saturated rings. The SMILES string of the molecule is CC(C)(C)OC(=O)N1CCC(OC(=O)N[C@@H](CCOC2CC(CCc3ccc4c(n3)NCCC4)C2)C(=O)O)C1. The molecule has 0 spiro atoms. The summed E-state index contributed by atoms with van der Waals surface area (Å²) in [5, 5.41) is 15.3. The number of nitrogens with one attached hydrogen (secondary N) is 2. The summed E-state index contributed by atoms with van der Waals surface area (Å²) in [6.45, 7) is 7.20. The number of alkyl carbamates (subject to hydrolysis) is 1. The molecule has 3 heterocycles. The van der Waals surface area contributed by atoms with E-state index in [-0.39, 0.29) is 25.7 Å². The second-order valence-electron chi connectivity index (χ2n) is 11.8. The number of carbonyl (C=O) groups is 3. The van der Waals surface area contributed by atoms with Gasteiger partial charge in [-0.1, -0.05) is 6.07 Å². The lowest BCUT2D eigenvalue weighted by Gasteiger charge is -2.35.